The number of benzene rings is 1. The lowest BCUT2D eigenvalue weighted by Gasteiger charge is -2.43. The van der Waals surface area contributed by atoms with Crippen LogP contribution in [-0.4, -0.2) is 116 Å². The zero-order valence-corrected chi connectivity index (χ0v) is 35.3. The predicted molar refractivity (Wildman–Crippen MR) is 215 cm³/mol. The first-order chi connectivity index (χ1) is 26.5. The van der Waals surface area contributed by atoms with Crippen molar-refractivity contribution in [1.82, 2.24) is 34.9 Å². The van der Waals surface area contributed by atoms with Gasteiger partial charge in [0.05, 0.1) is 12.3 Å². The van der Waals surface area contributed by atoms with Crippen LogP contribution in [0.3, 0.4) is 0 Å². The van der Waals surface area contributed by atoms with Gasteiger partial charge < -0.3 is 34.6 Å². The standard InChI is InChI=1S/C41H62N8O8/c1-38(2,3)33-49(37(54)57-40(7,8)9)41(10,26-55-33)32(50)46-21-23-47(24-22-46)34(51)44-31-19-20-48(35(52)45-31)30-17-11-27(12-18-30)25-42-28-13-15-29(16-14-28)43-36(53)56-39(4,5)6/h11-12,17-20,28-29,33,42H,13-16,21-26H2,1-10H3,(H,43,53)(H,44,45,51,52)/t28-,29-,33-,41+/m1/s1. The van der Waals surface area contributed by atoms with Crippen LogP contribution in [0.25, 0.3) is 5.69 Å². The van der Waals surface area contributed by atoms with E-state index in [-0.39, 0.29) is 56.6 Å². The maximum atomic E-state index is 14.0. The Morgan fingerprint density at radius 1 is 0.825 bits per heavy atom. The van der Waals surface area contributed by atoms with Crippen LogP contribution in [0.1, 0.15) is 100 Å². The Kier molecular flexibility index (Phi) is 13.0. The third-order valence-corrected chi connectivity index (χ3v) is 10.2. The highest BCUT2D eigenvalue weighted by atomic mass is 16.6. The summed E-state index contributed by atoms with van der Waals surface area (Å²) in [6.07, 6.45) is 3.57. The summed E-state index contributed by atoms with van der Waals surface area (Å²) in [6.45, 7) is 20.1. The molecule has 2 saturated heterocycles. The highest BCUT2D eigenvalue weighted by molar-refractivity contribution is 5.91. The predicted octanol–water partition coefficient (Wildman–Crippen LogP) is 5.23. The smallest absolute Gasteiger partial charge is 0.413 e. The van der Waals surface area contributed by atoms with Crippen molar-refractivity contribution in [2.24, 2.45) is 5.41 Å². The lowest BCUT2D eigenvalue weighted by atomic mass is 9.91. The molecule has 16 nitrogen and oxygen atoms in total. The number of aromatic nitrogens is 2. The van der Waals surface area contributed by atoms with E-state index < -0.39 is 46.2 Å². The number of amides is 5. The summed E-state index contributed by atoms with van der Waals surface area (Å²) in [4.78, 5) is 74.6. The van der Waals surface area contributed by atoms with Gasteiger partial charge >= 0.3 is 23.9 Å². The molecule has 1 aromatic carbocycles. The van der Waals surface area contributed by atoms with E-state index in [2.05, 4.69) is 20.9 Å². The molecule has 3 N–H and O–H groups in total. The summed E-state index contributed by atoms with van der Waals surface area (Å²) < 4.78 is 18.6. The highest BCUT2D eigenvalue weighted by Crippen LogP contribution is 2.39. The van der Waals surface area contributed by atoms with E-state index in [4.69, 9.17) is 14.2 Å². The Morgan fingerprint density at radius 2 is 1.40 bits per heavy atom. The summed E-state index contributed by atoms with van der Waals surface area (Å²) in [5.74, 6) is -0.156. The first-order valence-corrected chi connectivity index (χ1v) is 19.9. The first-order valence-electron chi connectivity index (χ1n) is 19.9. The van der Waals surface area contributed by atoms with Crippen molar-refractivity contribution in [2.45, 2.75) is 137 Å². The number of nitrogens with zero attached hydrogens (tertiary/aromatic N) is 5. The van der Waals surface area contributed by atoms with Gasteiger partial charge in [0.15, 0.2) is 0 Å². The van der Waals surface area contributed by atoms with E-state index >= 15 is 0 Å². The number of alkyl carbamates (subject to hydrolysis) is 1. The molecule has 16 heteroatoms. The van der Waals surface area contributed by atoms with Crippen molar-refractivity contribution in [1.29, 1.82) is 0 Å². The van der Waals surface area contributed by atoms with Crippen LogP contribution in [0.4, 0.5) is 20.2 Å². The maximum absolute atomic E-state index is 14.0. The minimum absolute atomic E-state index is 0.0201. The molecule has 0 radical (unpaired) electrons. The average Bonchev–Trinajstić information content (AvgIpc) is 3.49. The van der Waals surface area contributed by atoms with Crippen molar-refractivity contribution in [3.05, 3.63) is 52.6 Å². The van der Waals surface area contributed by atoms with E-state index in [1.54, 1.807) is 49.8 Å². The second-order valence-corrected chi connectivity index (χ2v) is 18.6. The third kappa shape index (κ3) is 11.2. The van der Waals surface area contributed by atoms with Gasteiger partial charge in [-0.05, 0) is 97.9 Å². The number of piperazine rings is 1. The Morgan fingerprint density at radius 3 is 1.96 bits per heavy atom. The number of rotatable bonds is 7. The molecule has 2 atom stereocenters. The van der Waals surface area contributed by atoms with Gasteiger partial charge in [0.2, 0.25) is 0 Å². The van der Waals surface area contributed by atoms with E-state index in [0.717, 1.165) is 31.2 Å². The summed E-state index contributed by atoms with van der Waals surface area (Å²) in [5, 5.41) is 9.30. The third-order valence-electron chi connectivity index (χ3n) is 10.2. The molecule has 3 aliphatic rings. The molecule has 5 rings (SSSR count). The largest absolute Gasteiger partial charge is 0.444 e. The fourth-order valence-corrected chi connectivity index (χ4v) is 7.32. The summed E-state index contributed by atoms with van der Waals surface area (Å²) in [7, 11) is 0. The summed E-state index contributed by atoms with van der Waals surface area (Å²) in [6, 6.07) is 9.22. The van der Waals surface area contributed by atoms with Crippen LogP contribution in [0.5, 0.6) is 0 Å². The maximum Gasteiger partial charge on any atom is 0.413 e. The van der Waals surface area contributed by atoms with E-state index in [9.17, 15) is 24.0 Å². The van der Waals surface area contributed by atoms with Crippen LogP contribution in [0.2, 0.25) is 0 Å². The Labute approximate surface area is 336 Å². The number of carbonyl (C=O) groups is 4. The van der Waals surface area contributed by atoms with Gasteiger partial charge in [-0.25, -0.2) is 19.2 Å². The molecular formula is C41H62N8O8. The minimum atomic E-state index is -1.29. The fraction of sp³-hybridized carbons (Fsp3) is 0.659. The van der Waals surface area contributed by atoms with Gasteiger partial charge in [0.25, 0.3) is 5.91 Å². The number of urea groups is 1. The topological polar surface area (TPSA) is 177 Å². The Hall–Kier alpha value is -4.70. The number of hydrogen-bond donors (Lipinski definition) is 3. The van der Waals surface area contributed by atoms with Gasteiger partial charge in [-0.15, -0.1) is 0 Å². The molecule has 1 saturated carbocycles. The Balaban J connectivity index is 1.10. The number of carbonyl (C=O) groups excluding carboxylic acids is 4. The first kappa shape index (κ1) is 43.4. The second-order valence-electron chi connectivity index (χ2n) is 18.6. The highest BCUT2D eigenvalue weighted by Gasteiger charge is 2.57. The van der Waals surface area contributed by atoms with Crippen LogP contribution in [0.15, 0.2) is 41.3 Å². The molecule has 1 aliphatic carbocycles. The van der Waals surface area contributed by atoms with Crippen LogP contribution in [-0.2, 0) is 25.5 Å². The molecule has 2 aromatic rings. The molecule has 314 valence electrons. The molecule has 2 aliphatic heterocycles. The van der Waals surface area contributed by atoms with Gasteiger partial charge in [-0.1, -0.05) is 32.9 Å². The molecule has 3 heterocycles. The molecule has 0 spiro atoms. The fourth-order valence-electron chi connectivity index (χ4n) is 7.32. The van der Waals surface area contributed by atoms with Crippen molar-refractivity contribution < 1.29 is 33.4 Å². The lowest BCUT2D eigenvalue weighted by molar-refractivity contribution is -0.144. The van der Waals surface area contributed by atoms with Gasteiger partial charge in [0, 0.05) is 56.4 Å². The summed E-state index contributed by atoms with van der Waals surface area (Å²) in [5.41, 5.74) is -1.88. The van der Waals surface area contributed by atoms with Gasteiger partial charge in [-0.3, -0.25) is 19.6 Å². The number of hydrogen-bond acceptors (Lipinski definition) is 10. The van der Waals surface area contributed by atoms with Crippen LogP contribution >= 0.6 is 0 Å². The van der Waals surface area contributed by atoms with Crippen LogP contribution in [0, 0.1) is 5.41 Å². The molecule has 5 amide bonds. The molecule has 0 bridgehead atoms. The Bertz CT molecular complexity index is 1810. The molecular weight excluding hydrogens is 732 g/mol. The second kappa shape index (κ2) is 17.0. The molecule has 3 fully saturated rings. The van der Waals surface area contributed by atoms with Crippen molar-refractivity contribution in [3.8, 4) is 5.69 Å². The number of ether oxygens (including phenoxy) is 3. The van der Waals surface area contributed by atoms with E-state index in [1.165, 1.54) is 9.47 Å². The van der Waals surface area contributed by atoms with Gasteiger partial charge in [-0.2, -0.15) is 4.98 Å². The van der Waals surface area contributed by atoms with E-state index in [1.807, 2.05) is 65.8 Å². The van der Waals surface area contributed by atoms with E-state index in [0.29, 0.717) is 18.3 Å². The lowest BCUT2D eigenvalue weighted by Crippen LogP contribution is -2.64. The normalized spacial score (nSPS) is 23.2. The number of nitrogens with one attached hydrogen (secondary N) is 3. The molecule has 1 aromatic heterocycles. The zero-order chi connectivity index (χ0) is 41.9. The van der Waals surface area contributed by atoms with Crippen molar-refractivity contribution in [3.63, 3.8) is 0 Å². The zero-order valence-electron chi connectivity index (χ0n) is 35.3. The summed E-state index contributed by atoms with van der Waals surface area (Å²) >= 11 is 0. The van der Waals surface area contributed by atoms with Crippen molar-refractivity contribution in [2.75, 3.05) is 38.1 Å². The average molecular weight is 795 g/mol. The number of anilines is 1. The van der Waals surface area contributed by atoms with Crippen LogP contribution < -0.4 is 21.6 Å². The SMILES string of the molecule is CC(C)(C)OC(=O)N[C@H]1CC[C@H](NCc2ccc(-n3ccc(NC(=O)N4CCN(C(=O)[C@]5(C)CO[C@H](C(C)(C)C)N5C(=O)OC(C)(C)C)CC4)nc3=O)cc2)CC1. The minimum Gasteiger partial charge on any atom is -0.444 e. The molecule has 57 heavy (non-hydrogen) atoms. The quantitative estimate of drug-likeness (QED) is 0.337. The van der Waals surface area contributed by atoms with Gasteiger partial charge in [0.1, 0.15) is 28.8 Å². The monoisotopic (exact) mass is 794 g/mol. The molecule has 0 unspecified atom stereocenters. The van der Waals surface area contributed by atoms with Crippen molar-refractivity contribution >= 4 is 29.9 Å².